The predicted molar refractivity (Wildman–Crippen MR) is 71.6 cm³/mol. The third kappa shape index (κ3) is 2.49. The summed E-state index contributed by atoms with van der Waals surface area (Å²) >= 11 is 0. The predicted octanol–water partition coefficient (Wildman–Crippen LogP) is 1.40. The molecule has 2 N–H and O–H groups in total. The summed E-state index contributed by atoms with van der Waals surface area (Å²) in [5.41, 5.74) is 2.97. The molecule has 0 bridgehead atoms. The molecule has 1 fully saturated rings. The minimum Gasteiger partial charge on any atom is -0.393 e. The van der Waals surface area contributed by atoms with E-state index in [1.807, 2.05) is 26.8 Å². The molecule has 2 rings (SSSR count). The molecule has 18 heavy (non-hydrogen) atoms. The van der Waals surface area contributed by atoms with Gasteiger partial charge in [-0.2, -0.15) is 0 Å². The van der Waals surface area contributed by atoms with Crippen LogP contribution in [0.3, 0.4) is 0 Å². The third-order valence-corrected chi connectivity index (χ3v) is 3.82. The smallest absolute Gasteiger partial charge is 0.134 e. The fourth-order valence-electron chi connectivity index (χ4n) is 2.67. The summed E-state index contributed by atoms with van der Waals surface area (Å²) in [7, 11) is 0. The summed E-state index contributed by atoms with van der Waals surface area (Å²) in [6.45, 7) is 7.56. The number of pyridine rings is 1. The number of nitrogens with zero attached hydrogens (tertiary/aromatic N) is 2. The first-order valence-electron chi connectivity index (χ1n) is 6.54. The molecule has 2 heterocycles. The lowest BCUT2D eigenvalue weighted by atomic mass is 10.0. The Bertz CT molecular complexity index is 432. The average molecular weight is 250 g/mol. The van der Waals surface area contributed by atoms with Crippen LogP contribution in [0.5, 0.6) is 0 Å². The van der Waals surface area contributed by atoms with E-state index in [-0.39, 0.29) is 12.7 Å². The van der Waals surface area contributed by atoms with Gasteiger partial charge in [0.05, 0.1) is 12.7 Å². The van der Waals surface area contributed by atoms with Gasteiger partial charge in [-0.25, -0.2) is 4.98 Å². The summed E-state index contributed by atoms with van der Waals surface area (Å²) in [4.78, 5) is 6.75. The Kier molecular flexibility index (Phi) is 3.88. The monoisotopic (exact) mass is 250 g/mol. The van der Waals surface area contributed by atoms with Crippen LogP contribution in [0.4, 0.5) is 5.82 Å². The molecule has 0 aromatic carbocycles. The molecule has 100 valence electrons. The van der Waals surface area contributed by atoms with E-state index in [1.54, 1.807) is 0 Å². The van der Waals surface area contributed by atoms with Crippen LogP contribution < -0.4 is 4.90 Å². The van der Waals surface area contributed by atoms with E-state index in [0.29, 0.717) is 5.92 Å². The molecule has 1 saturated heterocycles. The highest BCUT2D eigenvalue weighted by molar-refractivity contribution is 5.52. The van der Waals surface area contributed by atoms with Crippen molar-refractivity contribution in [1.82, 2.24) is 4.98 Å². The van der Waals surface area contributed by atoms with Crippen molar-refractivity contribution in [3.8, 4) is 0 Å². The lowest BCUT2D eigenvalue weighted by molar-refractivity contribution is 0.136. The van der Waals surface area contributed by atoms with E-state index in [9.17, 15) is 10.2 Å². The normalized spacial score (nSPS) is 21.4. The molecule has 0 spiro atoms. The molecule has 0 amide bonds. The van der Waals surface area contributed by atoms with E-state index >= 15 is 0 Å². The molecule has 4 nitrogen and oxygen atoms in total. The molecule has 1 aliphatic rings. The Labute approximate surface area is 108 Å². The first-order valence-corrected chi connectivity index (χ1v) is 6.54. The highest BCUT2D eigenvalue weighted by Crippen LogP contribution is 2.29. The van der Waals surface area contributed by atoms with Crippen LogP contribution in [0.2, 0.25) is 0 Å². The molecule has 1 aromatic heterocycles. The van der Waals surface area contributed by atoms with Crippen molar-refractivity contribution < 1.29 is 10.2 Å². The van der Waals surface area contributed by atoms with Crippen molar-refractivity contribution in [2.75, 3.05) is 18.0 Å². The maximum atomic E-state index is 9.66. The van der Waals surface area contributed by atoms with Gasteiger partial charge in [0.25, 0.3) is 0 Å². The molecule has 2 atom stereocenters. The summed E-state index contributed by atoms with van der Waals surface area (Å²) in [6.07, 6.45) is 0.704. The Morgan fingerprint density at radius 2 is 2.22 bits per heavy atom. The minimum atomic E-state index is -0.279. The number of aryl methyl sites for hydroxylation is 2. The highest BCUT2D eigenvalue weighted by atomic mass is 16.3. The van der Waals surface area contributed by atoms with Crippen LogP contribution in [-0.2, 0) is 6.61 Å². The van der Waals surface area contributed by atoms with Crippen LogP contribution in [0.25, 0.3) is 0 Å². The Balaban J connectivity index is 2.29. The standard InChI is InChI=1S/C14H22N2O2/c1-9-6-10(2)15-14(13(9)8-17)16-5-4-12(7-16)11(3)18/h6,11-12,17-18H,4-5,7-8H2,1-3H3. The van der Waals surface area contributed by atoms with Gasteiger partial charge in [0.15, 0.2) is 0 Å². The summed E-state index contributed by atoms with van der Waals surface area (Å²) in [5, 5.41) is 19.2. The van der Waals surface area contributed by atoms with Gasteiger partial charge in [-0.1, -0.05) is 0 Å². The maximum Gasteiger partial charge on any atom is 0.134 e. The zero-order valence-corrected chi connectivity index (χ0v) is 11.3. The first-order chi connectivity index (χ1) is 8.52. The van der Waals surface area contributed by atoms with E-state index < -0.39 is 0 Å². The molecule has 2 unspecified atom stereocenters. The summed E-state index contributed by atoms with van der Waals surface area (Å²) < 4.78 is 0. The van der Waals surface area contributed by atoms with Crippen LogP contribution in [0, 0.1) is 19.8 Å². The van der Waals surface area contributed by atoms with Crippen molar-refractivity contribution >= 4 is 5.82 Å². The molecule has 4 heteroatoms. The number of hydrogen-bond acceptors (Lipinski definition) is 4. The number of aliphatic hydroxyl groups excluding tert-OH is 2. The topological polar surface area (TPSA) is 56.6 Å². The Morgan fingerprint density at radius 3 is 2.78 bits per heavy atom. The molecular formula is C14H22N2O2. The summed E-state index contributed by atoms with van der Waals surface area (Å²) in [5.74, 6) is 1.19. The second-order valence-electron chi connectivity index (χ2n) is 5.28. The molecule has 1 aliphatic heterocycles. The van der Waals surface area contributed by atoms with Crippen molar-refractivity contribution in [3.63, 3.8) is 0 Å². The molecule has 0 saturated carbocycles. The van der Waals surface area contributed by atoms with E-state index in [2.05, 4.69) is 9.88 Å². The summed E-state index contributed by atoms with van der Waals surface area (Å²) in [6, 6.07) is 2.00. The lowest BCUT2D eigenvalue weighted by Gasteiger charge is -2.22. The number of hydrogen-bond donors (Lipinski definition) is 2. The third-order valence-electron chi connectivity index (χ3n) is 3.82. The molecule has 0 radical (unpaired) electrons. The second kappa shape index (κ2) is 5.24. The van der Waals surface area contributed by atoms with Gasteiger partial charge >= 0.3 is 0 Å². The van der Waals surface area contributed by atoms with Gasteiger partial charge in [-0.05, 0) is 38.8 Å². The Morgan fingerprint density at radius 1 is 1.50 bits per heavy atom. The van der Waals surface area contributed by atoms with E-state index in [0.717, 1.165) is 42.1 Å². The van der Waals surface area contributed by atoms with Crippen LogP contribution in [0.15, 0.2) is 6.07 Å². The van der Waals surface area contributed by atoms with Crippen molar-refractivity contribution in [1.29, 1.82) is 0 Å². The quantitative estimate of drug-likeness (QED) is 0.851. The average Bonchev–Trinajstić information content (AvgIpc) is 2.77. The number of aliphatic hydroxyl groups is 2. The van der Waals surface area contributed by atoms with Gasteiger partial charge in [0.2, 0.25) is 0 Å². The zero-order chi connectivity index (χ0) is 13.3. The first kappa shape index (κ1) is 13.3. The van der Waals surface area contributed by atoms with Gasteiger partial charge in [-0.3, -0.25) is 0 Å². The maximum absolute atomic E-state index is 9.66. The Hall–Kier alpha value is -1.13. The largest absolute Gasteiger partial charge is 0.393 e. The fourth-order valence-corrected chi connectivity index (χ4v) is 2.67. The van der Waals surface area contributed by atoms with Crippen LogP contribution in [0.1, 0.15) is 30.2 Å². The van der Waals surface area contributed by atoms with Gasteiger partial charge < -0.3 is 15.1 Å². The van der Waals surface area contributed by atoms with Crippen molar-refractivity contribution in [3.05, 3.63) is 22.9 Å². The highest BCUT2D eigenvalue weighted by Gasteiger charge is 2.28. The van der Waals surface area contributed by atoms with Crippen molar-refractivity contribution in [2.45, 2.75) is 39.9 Å². The molecular weight excluding hydrogens is 228 g/mol. The zero-order valence-electron chi connectivity index (χ0n) is 11.3. The fraction of sp³-hybridized carbons (Fsp3) is 0.643. The van der Waals surface area contributed by atoms with E-state index in [1.165, 1.54) is 0 Å². The SMILES string of the molecule is Cc1cc(C)c(CO)c(N2CCC(C(C)O)C2)n1. The second-order valence-corrected chi connectivity index (χ2v) is 5.28. The molecule has 0 aliphatic carbocycles. The number of rotatable bonds is 3. The minimum absolute atomic E-state index is 0.0181. The number of aromatic nitrogens is 1. The van der Waals surface area contributed by atoms with Gasteiger partial charge in [-0.15, -0.1) is 0 Å². The lowest BCUT2D eigenvalue weighted by Crippen LogP contribution is -2.26. The van der Waals surface area contributed by atoms with Crippen LogP contribution >= 0.6 is 0 Å². The van der Waals surface area contributed by atoms with E-state index in [4.69, 9.17) is 0 Å². The van der Waals surface area contributed by atoms with Gasteiger partial charge in [0.1, 0.15) is 5.82 Å². The van der Waals surface area contributed by atoms with Gasteiger partial charge in [0, 0.05) is 30.3 Å². The molecule has 1 aromatic rings. The van der Waals surface area contributed by atoms with Crippen LogP contribution in [-0.4, -0.2) is 34.4 Å². The number of anilines is 1. The van der Waals surface area contributed by atoms with Crippen molar-refractivity contribution in [2.24, 2.45) is 5.92 Å².